The van der Waals surface area contributed by atoms with Crippen LogP contribution in [0.2, 0.25) is 10.0 Å². The van der Waals surface area contributed by atoms with Crippen LogP contribution in [-0.4, -0.2) is 27.6 Å². The van der Waals surface area contributed by atoms with Crippen LogP contribution in [0.3, 0.4) is 0 Å². The zero-order chi connectivity index (χ0) is 25.1. The van der Waals surface area contributed by atoms with Crippen molar-refractivity contribution in [3.05, 3.63) is 80.7 Å². The van der Waals surface area contributed by atoms with Gasteiger partial charge in [-0.25, -0.2) is 0 Å². The van der Waals surface area contributed by atoms with E-state index in [1.807, 2.05) is 18.2 Å². The highest BCUT2D eigenvalue weighted by molar-refractivity contribution is 9.10. The molecule has 10 heteroatoms. The van der Waals surface area contributed by atoms with E-state index < -0.39 is 23.6 Å². The summed E-state index contributed by atoms with van der Waals surface area (Å²) in [6, 6.07) is 18.4. The number of fused-ring (bicyclic) bond motifs is 1. The van der Waals surface area contributed by atoms with Crippen LogP contribution < -0.4 is 9.47 Å². The molecule has 176 valence electrons. The molecule has 0 saturated carbocycles. The van der Waals surface area contributed by atoms with Gasteiger partial charge in [0.1, 0.15) is 11.5 Å². The topological polar surface area (TPSA) is 105 Å². The lowest BCUT2D eigenvalue weighted by molar-refractivity contribution is -0.126. The second-order valence-electron chi connectivity index (χ2n) is 7.52. The molecular formula is C25H16BrCl2N3O4. The number of H-pyrrole nitrogens is 1. The average Bonchev–Trinajstić information content (AvgIpc) is 3.21. The summed E-state index contributed by atoms with van der Waals surface area (Å²) < 4.78 is 12.3. The molecule has 0 aliphatic rings. The van der Waals surface area contributed by atoms with E-state index >= 15 is 0 Å². The van der Waals surface area contributed by atoms with Gasteiger partial charge in [-0.15, -0.1) is 0 Å². The van der Waals surface area contributed by atoms with Crippen LogP contribution in [0.5, 0.6) is 17.5 Å². The summed E-state index contributed by atoms with van der Waals surface area (Å²) >= 11 is 15.3. The fourth-order valence-corrected chi connectivity index (χ4v) is 4.19. The van der Waals surface area contributed by atoms with Gasteiger partial charge in [0.25, 0.3) is 6.01 Å². The summed E-state index contributed by atoms with van der Waals surface area (Å²) in [5.41, 5.74) is 1.66. The highest BCUT2D eigenvalue weighted by Crippen LogP contribution is 2.27. The molecule has 1 aromatic heterocycles. The minimum Gasteiger partial charge on any atom is -0.483 e. The molecule has 1 N–H and O–H groups in total. The molecule has 0 bridgehead atoms. The van der Waals surface area contributed by atoms with Crippen molar-refractivity contribution in [2.45, 2.75) is 13.0 Å². The highest BCUT2D eigenvalue weighted by Gasteiger charge is 2.32. The lowest BCUT2D eigenvalue weighted by Gasteiger charge is -2.16. The van der Waals surface area contributed by atoms with Crippen molar-refractivity contribution >= 4 is 61.7 Å². The van der Waals surface area contributed by atoms with E-state index in [1.54, 1.807) is 30.3 Å². The predicted molar refractivity (Wildman–Crippen MR) is 135 cm³/mol. The van der Waals surface area contributed by atoms with Crippen molar-refractivity contribution in [1.82, 2.24) is 9.97 Å². The number of carbonyl (C=O) groups excluding carboxylic acids is 2. The van der Waals surface area contributed by atoms with Crippen molar-refractivity contribution in [3.8, 4) is 23.6 Å². The van der Waals surface area contributed by atoms with Crippen molar-refractivity contribution in [2.75, 3.05) is 0 Å². The Hall–Kier alpha value is -3.38. The molecule has 35 heavy (non-hydrogen) atoms. The van der Waals surface area contributed by atoms with E-state index in [0.29, 0.717) is 17.5 Å². The van der Waals surface area contributed by atoms with Crippen molar-refractivity contribution in [2.24, 2.45) is 5.92 Å². The first-order valence-corrected chi connectivity index (χ1v) is 11.8. The lowest BCUT2D eigenvalue weighted by Crippen LogP contribution is -2.34. The molecule has 0 aliphatic carbocycles. The molecule has 0 saturated heterocycles. The Morgan fingerprint density at radius 3 is 2.34 bits per heavy atom. The van der Waals surface area contributed by atoms with Crippen LogP contribution in [0.4, 0.5) is 0 Å². The van der Waals surface area contributed by atoms with Gasteiger partial charge < -0.3 is 14.5 Å². The Morgan fingerprint density at radius 1 is 1.03 bits per heavy atom. The van der Waals surface area contributed by atoms with Gasteiger partial charge in [-0.05, 0) is 67.6 Å². The van der Waals surface area contributed by atoms with Crippen molar-refractivity contribution in [1.29, 1.82) is 5.26 Å². The molecule has 0 radical (unpaired) electrons. The second-order valence-corrected chi connectivity index (χ2v) is 9.31. The number of aromatic amines is 1. The molecule has 2 unspecified atom stereocenters. The van der Waals surface area contributed by atoms with Crippen LogP contribution in [0, 0.1) is 17.2 Å². The number of carbonyl (C=O) groups is 2. The number of ether oxygens (including phenoxy) is 2. The minimum atomic E-state index is -1.56. The van der Waals surface area contributed by atoms with Gasteiger partial charge in [-0.3, -0.25) is 9.59 Å². The quantitative estimate of drug-likeness (QED) is 0.184. The van der Waals surface area contributed by atoms with Gasteiger partial charge in [0, 0.05) is 20.1 Å². The highest BCUT2D eigenvalue weighted by atomic mass is 79.9. The summed E-state index contributed by atoms with van der Waals surface area (Å²) in [4.78, 5) is 33.0. The molecule has 3 aromatic carbocycles. The molecule has 0 amide bonds. The van der Waals surface area contributed by atoms with E-state index in [4.69, 9.17) is 32.7 Å². The molecule has 0 spiro atoms. The predicted octanol–water partition coefficient (Wildman–Crippen LogP) is 6.78. The Morgan fingerprint density at radius 2 is 1.69 bits per heavy atom. The fourth-order valence-electron chi connectivity index (χ4n) is 3.31. The molecule has 4 rings (SSSR count). The van der Waals surface area contributed by atoms with Crippen LogP contribution in [-0.2, 0) is 4.79 Å². The monoisotopic (exact) mass is 571 g/mol. The number of nitrogens with one attached hydrogen (secondary N) is 1. The third-order valence-electron chi connectivity index (χ3n) is 5.00. The van der Waals surface area contributed by atoms with Gasteiger partial charge in [-0.1, -0.05) is 39.1 Å². The Kier molecular flexibility index (Phi) is 7.41. The summed E-state index contributed by atoms with van der Waals surface area (Å²) in [5.74, 6) is -2.07. The fraction of sp³-hybridized carbons (Fsp3) is 0.120. The minimum absolute atomic E-state index is 0.0778. The molecule has 0 fully saturated rings. The van der Waals surface area contributed by atoms with Crippen LogP contribution in [0.1, 0.15) is 17.3 Å². The number of ketones is 2. The first-order chi connectivity index (χ1) is 16.7. The van der Waals surface area contributed by atoms with Gasteiger partial charge in [0.15, 0.2) is 23.6 Å². The number of hydrogen-bond donors (Lipinski definition) is 1. The maximum Gasteiger partial charge on any atom is 0.300 e. The molecule has 0 aliphatic heterocycles. The van der Waals surface area contributed by atoms with Crippen LogP contribution >= 0.6 is 39.1 Å². The van der Waals surface area contributed by atoms with E-state index in [2.05, 4.69) is 25.9 Å². The van der Waals surface area contributed by atoms with Crippen LogP contribution in [0.15, 0.2) is 65.1 Å². The Labute approximate surface area is 218 Å². The maximum absolute atomic E-state index is 12.8. The molecule has 1 heterocycles. The smallest absolute Gasteiger partial charge is 0.300 e. The van der Waals surface area contributed by atoms with Gasteiger partial charge in [0.05, 0.1) is 17.1 Å². The van der Waals surface area contributed by atoms with E-state index in [0.717, 1.165) is 15.5 Å². The number of halogens is 3. The molecule has 7 nitrogen and oxygen atoms in total. The maximum atomic E-state index is 12.8. The second kappa shape index (κ2) is 10.5. The summed E-state index contributed by atoms with van der Waals surface area (Å²) in [7, 11) is 0. The largest absolute Gasteiger partial charge is 0.483 e. The Balaban J connectivity index is 1.42. The standard InChI is InChI=1S/C25H16BrCl2N3O4/c1-13(23(32)20(12-29)24(33)14-8-16(27)11-17(28)9-14)34-18-3-5-19(6-4-18)35-25-30-21-7-2-15(26)10-22(21)31-25/h2-11,13,20H,1H3,(H,30,31). The van der Waals surface area contributed by atoms with E-state index in [1.165, 1.54) is 25.1 Å². The summed E-state index contributed by atoms with van der Waals surface area (Å²) in [6.07, 6.45) is -1.06. The van der Waals surface area contributed by atoms with E-state index in [-0.39, 0.29) is 15.6 Å². The molecule has 2 atom stereocenters. The van der Waals surface area contributed by atoms with E-state index in [9.17, 15) is 14.9 Å². The van der Waals surface area contributed by atoms with Crippen LogP contribution in [0.25, 0.3) is 11.0 Å². The lowest BCUT2D eigenvalue weighted by atomic mass is 9.92. The number of imidazole rings is 1. The number of nitrogens with zero attached hydrogens (tertiary/aromatic N) is 2. The van der Waals surface area contributed by atoms with Crippen molar-refractivity contribution < 1.29 is 19.1 Å². The summed E-state index contributed by atoms with van der Waals surface area (Å²) in [5, 5.41) is 9.94. The SMILES string of the molecule is CC(Oc1ccc(Oc2nc3cc(Br)ccc3[nH]2)cc1)C(=O)C(C#N)C(=O)c1cc(Cl)cc(Cl)c1. The number of aromatic nitrogens is 2. The number of benzene rings is 3. The van der Waals surface area contributed by atoms with Gasteiger partial charge in [-0.2, -0.15) is 10.2 Å². The molecular weight excluding hydrogens is 557 g/mol. The number of rotatable bonds is 8. The first-order valence-electron chi connectivity index (χ1n) is 10.3. The number of nitriles is 1. The number of Topliss-reactive ketones (excluding diaryl/α,β-unsaturated/α-hetero) is 2. The van der Waals surface area contributed by atoms with Crippen molar-refractivity contribution in [3.63, 3.8) is 0 Å². The molecule has 4 aromatic rings. The zero-order valence-corrected chi connectivity index (χ0v) is 21.2. The number of hydrogen-bond acceptors (Lipinski definition) is 6. The average molecular weight is 573 g/mol. The Bertz CT molecular complexity index is 1440. The van der Waals surface area contributed by atoms with Gasteiger partial charge in [0.2, 0.25) is 0 Å². The van der Waals surface area contributed by atoms with Gasteiger partial charge >= 0.3 is 0 Å². The summed E-state index contributed by atoms with van der Waals surface area (Å²) in [6.45, 7) is 1.47. The first kappa shape index (κ1) is 24.7. The third kappa shape index (κ3) is 5.82. The normalized spacial score (nSPS) is 12.5. The zero-order valence-electron chi connectivity index (χ0n) is 18.1. The third-order valence-corrected chi connectivity index (χ3v) is 5.93.